The molecule has 5 nitrogen and oxygen atoms in total. The van der Waals surface area contributed by atoms with Gasteiger partial charge in [-0.25, -0.2) is 0 Å². The van der Waals surface area contributed by atoms with E-state index in [0.717, 1.165) is 11.1 Å². The summed E-state index contributed by atoms with van der Waals surface area (Å²) in [7, 11) is -1.74. The Bertz CT molecular complexity index is 261. The second kappa shape index (κ2) is 6.39. The van der Waals surface area contributed by atoms with Crippen molar-refractivity contribution in [2.45, 2.75) is 13.8 Å². The fourth-order valence-corrected chi connectivity index (χ4v) is 1.12. The first-order valence-corrected chi connectivity index (χ1v) is 3.69. The van der Waals surface area contributed by atoms with E-state index in [-0.39, 0.29) is 12.3 Å². The molecule has 0 fully saturated rings. The van der Waals surface area contributed by atoms with Crippen LogP contribution < -0.4 is 17.0 Å². The molecule has 0 aliphatic heterocycles. The normalized spacial score (nSPS) is 8.29. The monoisotopic (exact) mass is 200 g/mol. The molecule has 8 N–H and O–H groups in total. The standard InChI is InChI=1S/C8H11BO3.2H3N/c1-6-3-7(2)5-8(4-6)12-9(10)11;;/h3-5,10-11H,1-2H3;2*1H3. The van der Waals surface area contributed by atoms with E-state index in [0.29, 0.717) is 5.75 Å². The van der Waals surface area contributed by atoms with Crippen LogP contribution in [-0.4, -0.2) is 17.4 Å². The van der Waals surface area contributed by atoms with E-state index in [1.165, 1.54) is 0 Å². The number of hydrogen-bond acceptors (Lipinski definition) is 5. The van der Waals surface area contributed by atoms with E-state index in [4.69, 9.17) is 10.0 Å². The fourth-order valence-electron chi connectivity index (χ4n) is 1.12. The van der Waals surface area contributed by atoms with Crippen molar-refractivity contribution in [2.75, 3.05) is 0 Å². The van der Waals surface area contributed by atoms with Gasteiger partial charge in [0.1, 0.15) is 5.75 Å². The summed E-state index contributed by atoms with van der Waals surface area (Å²) in [6.07, 6.45) is 0. The van der Waals surface area contributed by atoms with Gasteiger partial charge in [-0.15, -0.1) is 0 Å². The quantitative estimate of drug-likeness (QED) is 0.530. The summed E-state index contributed by atoms with van der Waals surface area (Å²) >= 11 is 0. The van der Waals surface area contributed by atoms with Crippen LogP contribution in [0.5, 0.6) is 5.75 Å². The Hall–Kier alpha value is -1.08. The van der Waals surface area contributed by atoms with Gasteiger partial charge in [-0.1, -0.05) is 6.07 Å². The lowest BCUT2D eigenvalue weighted by Crippen LogP contribution is -2.20. The Morgan fingerprint density at radius 2 is 1.43 bits per heavy atom. The van der Waals surface area contributed by atoms with Gasteiger partial charge in [-0.3, -0.25) is 0 Å². The van der Waals surface area contributed by atoms with Crippen LogP contribution >= 0.6 is 0 Å². The Morgan fingerprint density at radius 1 is 1.00 bits per heavy atom. The summed E-state index contributed by atoms with van der Waals surface area (Å²) in [6.45, 7) is 3.84. The van der Waals surface area contributed by atoms with Crippen molar-refractivity contribution >= 4 is 7.32 Å². The maximum atomic E-state index is 8.52. The number of rotatable bonds is 2. The van der Waals surface area contributed by atoms with Gasteiger partial charge in [-0.2, -0.15) is 0 Å². The van der Waals surface area contributed by atoms with Crippen LogP contribution in [0.4, 0.5) is 0 Å². The van der Waals surface area contributed by atoms with Crippen molar-refractivity contribution in [3.63, 3.8) is 0 Å². The van der Waals surface area contributed by atoms with Gasteiger partial charge < -0.3 is 27.0 Å². The van der Waals surface area contributed by atoms with Gasteiger partial charge in [0.05, 0.1) is 0 Å². The van der Waals surface area contributed by atoms with Crippen LogP contribution in [0.2, 0.25) is 0 Å². The van der Waals surface area contributed by atoms with Crippen molar-refractivity contribution in [3.8, 4) is 5.75 Å². The van der Waals surface area contributed by atoms with Crippen LogP contribution in [0.25, 0.3) is 0 Å². The molecular weight excluding hydrogens is 183 g/mol. The molecule has 0 spiro atoms. The Labute approximate surface area is 84.1 Å². The van der Waals surface area contributed by atoms with Gasteiger partial charge in [0.15, 0.2) is 0 Å². The van der Waals surface area contributed by atoms with E-state index in [2.05, 4.69) is 4.65 Å². The first kappa shape index (κ1) is 15.4. The van der Waals surface area contributed by atoms with Gasteiger partial charge in [0, 0.05) is 0 Å². The minimum absolute atomic E-state index is 0. The molecule has 6 heteroatoms. The SMILES string of the molecule is Cc1cc(C)cc(OB(O)O)c1.N.N. The van der Waals surface area contributed by atoms with E-state index in [9.17, 15) is 0 Å². The Morgan fingerprint density at radius 3 is 1.79 bits per heavy atom. The van der Waals surface area contributed by atoms with E-state index in [1.807, 2.05) is 19.9 Å². The van der Waals surface area contributed by atoms with E-state index >= 15 is 0 Å². The molecule has 14 heavy (non-hydrogen) atoms. The van der Waals surface area contributed by atoms with Crippen molar-refractivity contribution in [3.05, 3.63) is 29.3 Å². The van der Waals surface area contributed by atoms with Crippen LogP contribution in [0, 0.1) is 13.8 Å². The third-order valence-corrected chi connectivity index (χ3v) is 1.44. The third kappa shape index (κ3) is 4.83. The smallest absolute Gasteiger partial charge is 0.512 e. The molecule has 0 aromatic heterocycles. The number of benzene rings is 1. The molecule has 0 unspecified atom stereocenters. The van der Waals surface area contributed by atoms with E-state index < -0.39 is 7.32 Å². The Balaban J connectivity index is 0. The van der Waals surface area contributed by atoms with Crippen molar-refractivity contribution in [2.24, 2.45) is 0 Å². The summed E-state index contributed by atoms with van der Waals surface area (Å²) in [5.41, 5.74) is 2.07. The van der Waals surface area contributed by atoms with E-state index in [1.54, 1.807) is 12.1 Å². The zero-order chi connectivity index (χ0) is 9.14. The van der Waals surface area contributed by atoms with Gasteiger partial charge in [0.25, 0.3) is 0 Å². The molecule has 1 aromatic rings. The minimum Gasteiger partial charge on any atom is -0.512 e. The first-order valence-electron chi connectivity index (χ1n) is 3.69. The summed E-state index contributed by atoms with van der Waals surface area (Å²) < 4.78 is 4.69. The molecule has 1 rings (SSSR count). The molecule has 0 bridgehead atoms. The van der Waals surface area contributed by atoms with Gasteiger partial charge in [0.2, 0.25) is 0 Å². The summed E-state index contributed by atoms with van der Waals surface area (Å²) in [5, 5.41) is 17.0. The topological polar surface area (TPSA) is 120 Å². The fraction of sp³-hybridized carbons (Fsp3) is 0.250. The Kier molecular flexibility index (Phi) is 7.03. The molecule has 0 amide bonds. The van der Waals surface area contributed by atoms with Crippen LogP contribution in [0.3, 0.4) is 0 Å². The maximum Gasteiger partial charge on any atom is 0.707 e. The molecule has 0 saturated heterocycles. The highest BCUT2D eigenvalue weighted by molar-refractivity contribution is 6.33. The molecule has 80 valence electrons. The average Bonchev–Trinajstić information content (AvgIpc) is 1.81. The molecule has 0 heterocycles. The molecule has 1 aromatic carbocycles. The highest BCUT2D eigenvalue weighted by Gasteiger charge is 2.10. The lowest BCUT2D eigenvalue weighted by molar-refractivity contribution is 0.288. The molecule has 0 aliphatic carbocycles. The highest BCUT2D eigenvalue weighted by atomic mass is 16.6. The first-order chi connectivity index (χ1) is 5.58. The number of hydrogen-bond donors (Lipinski definition) is 4. The predicted octanol–water partition coefficient (Wildman–Crippen LogP) is 0.976. The van der Waals surface area contributed by atoms with Gasteiger partial charge in [-0.05, 0) is 37.1 Å². The summed E-state index contributed by atoms with van der Waals surface area (Å²) in [6, 6.07) is 5.47. The molecule has 0 saturated carbocycles. The second-order valence-electron chi connectivity index (χ2n) is 2.77. The third-order valence-electron chi connectivity index (χ3n) is 1.44. The largest absolute Gasteiger partial charge is 0.707 e. The van der Waals surface area contributed by atoms with Crippen LogP contribution in [0.15, 0.2) is 18.2 Å². The van der Waals surface area contributed by atoms with Crippen molar-refractivity contribution < 1.29 is 14.7 Å². The highest BCUT2D eigenvalue weighted by Crippen LogP contribution is 2.15. The zero-order valence-corrected chi connectivity index (χ0v) is 8.53. The van der Waals surface area contributed by atoms with Crippen LogP contribution in [-0.2, 0) is 0 Å². The van der Waals surface area contributed by atoms with Crippen molar-refractivity contribution in [1.29, 1.82) is 0 Å². The average molecular weight is 200 g/mol. The van der Waals surface area contributed by atoms with Crippen molar-refractivity contribution in [1.82, 2.24) is 12.3 Å². The molecular formula is C8H17BN2O3. The molecule has 0 radical (unpaired) electrons. The lowest BCUT2D eigenvalue weighted by Gasteiger charge is -2.06. The second-order valence-corrected chi connectivity index (χ2v) is 2.77. The summed E-state index contributed by atoms with van der Waals surface area (Å²) in [4.78, 5) is 0. The number of aryl methyl sites for hydroxylation is 2. The lowest BCUT2D eigenvalue weighted by atomic mass is 10.1. The summed E-state index contributed by atoms with van der Waals surface area (Å²) in [5.74, 6) is 0.475. The van der Waals surface area contributed by atoms with Gasteiger partial charge >= 0.3 is 7.32 Å². The molecule has 0 aliphatic rings. The minimum atomic E-state index is -1.74. The maximum absolute atomic E-state index is 8.52. The predicted molar refractivity (Wildman–Crippen MR) is 56.8 cm³/mol. The molecule has 0 atom stereocenters. The van der Waals surface area contributed by atoms with Crippen LogP contribution in [0.1, 0.15) is 11.1 Å². The zero-order valence-electron chi connectivity index (χ0n) is 8.53.